The Labute approximate surface area is 200 Å². The van der Waals surface area contributed by atoms with Gasteiger partial charge < -0.3 is 4.74 Å². The third-order valence-corrected chi connectivity index (χ3v) is 6.64. The van der Waals surface area contributed by atoms with Crippen LogP contribution in [0.5, 0.6) is 5.75 Å². The number of aromatic nitrogens is 3. The monoisotopic (exact) mass is 565 g/mol. The topological polar surface area (TPSA) is 79.2 Å². The van der Waals surface area contributed by atoms with Gasteiger partial charge in [-0.3, -0.25) is 14.6 Å². The fourth-order valence-corrected chi connectivity index (χ4v) is 5.05. The number of hydrogen-bond acceptors (Lipinski definition) is 5. The van der Waals surface area contributed by atoms with Crippen molar-refractivity contribution in [2.45, 2.75) is 25.2 Å². The lowest BCUT2D eigenvalue weighted by Gasteiger charge is -2.32. The number of benzene rings is 2. The number of carbonyl (C=O) groups is 1. The molecule has 10 heteroatoms. The normalized spacial score (nSPS) is 14.7. The molecule has 1 aliphatic rings. The van der Waals surface area contributed by atoms with Crippen LogP contribution >= 0.6 is 43.6 Å². The van der Waals surface area contributed by atoms with E-state index in [-0.39, 0.29) is 11.5 Å². The maximum absolute atomic E-state index is 13.2. The van der Waals surface area contributed by atoms with Crippen molar-refractivity contribution >= 4 is 55.2 Å². The second-order valence-corrected chi connectivity index (χ2v) is 9.88. The Hall–Kier alpha value is -2.17. The lowest BCUT2D eigenvalue weighted by molar-refractivity contribution is -0.763. The highest BCUT2D eigenvalue weighted by molar-refractivity contribution is 9.10. The number of hydrogen-bond donors (Lipinski definition) is 1. The van der Waals surface area contributed by atoms with Crippen molar-refractivity contribution in [3.63, 3.8) is 0 Å². The largest absolute Gasteiger partial charge is 0.496 e. The summed E-state index contributed by atoms with van der Waals surface area (Å²) in [6, 6.07) is 11.1. The van der Waals surface area contributed by atoms with E-state index in [2.05, 4.69) is 36.8 Å². The zero-order chi connectivity index (χ0) is 22.3. The van der Waals surface area contributed by atoms with E-state index >= 15 is 0 Å². The van der Waals surface area contributed by atoms with E-state index in [1.165, 1.54) is 18.7 Å². The van der Waals surface area contributed by atoms with E-state index in [4.69, 9.17) is 9.84 Å². The number of methoxy groups -OCH3 is 1. The molecule has 0 aliphatic carbocycles. The van der Waals surface area contributed by atoms with Crippen LogP contribution in [-0.2, 0) is 4.79 Å². The highest BCUT2D eigenvalue weighted by atomic mass is 79.9. The number of aromatic amines is 1. The molecule has 0 saturated carbocycles. The van der Waals surface area contributed by atoms with E-state index in [1.54, 1.807) is 16.7 Å². The molecule has 0 fully saturated rings. The molecule has 0 radical (unpaired) electrons. The van der Waals surface area contributed by atoms with Crippen LogP contribution in [0.4, 0.5) is 5.69 Å². The number of halogens is 2. The molecule has 7 nitrogen and oxygen atoms in total. The van der Waals surface area contributed by atoms with Crippen LogP contribution in [0.3, 0.4) is 0 Å². The number of H-pyrrole nitrogens is 1. The maximum atomic E-state index is 13.2. The van der Waals surface area contributed by atoms with Gasteiger partial charge in [-0.25, -0.2) is 4.90 Å². The molecule has 1 atom stereocenters. The SMILES string of the molecule is CCSc1n[n+]2c(c(=O)[nH]1)-c1cc(Br)ccc1N(C(C)=O)[C@@H]2c1cc(Br)ccc1OC. The fraction of sp³-hybridized carbons (Fsp3) is 0.238. The molecule has 1 N–H and O–H groups in total. The van der Waals surface area contributed by atoms with Gasteiger partial charge >= 0.3 is 11.3 Å². The lowest BCUT2D eigenvalue weighted by Crippen LogP contribution is -2.60. The van der Waals surface area contributed by atoms with Crippen LogP contribution in [0.2, 0.25) is 0 Å². The minimum absolute atomic E-state index is 0.180. The average molecular weight is 567 g/mol. The molecule has 0 unspecified atom stereocenters. The molecule has 4 rings (SSSR count). The highest BCUT2D eigenvalue weighted by Crippen LogP contribution is 2.41. The predicted octanol–water partition coefficient (Wildman–Crippen LogP) is 4.28. The van der Waals surface area contributed by atoms with Gasteiger partial charge in [-0.1, -0.05) is 50.5 Å². The molecular formula is C21H19Br2N4O3S+. The molecule has 3 aromatic rings. The van der Waals surface area contributed by atoms with Crippen molar-refractivity contribution in [3.8, 4) is 17.0 Å². The van der Waals surface area contributed by atoms with Crippen molar-refractivity contribution in [2.75, 3.05) is 17.8 Å². The van der Waals surface area contributed by atoms with Crippen molar-refractivity contribution in [2.24, 2.45) is 0 Å². The molecule has 0 saturated heterocycles. The van der Waals surface area contributed by atoms with Gasteiger partial charge in [0.05, 0.1) is 23.9 Å². The predicted molar refractivity (Wildman–Crippen MR) is 127 cm³/mol. The zero-order valence-electron chi connectivity index (χ0n) is 17.0. The van der Waals surface area contributed by atoms with Gasteiger partial charge in [0.25, 0.3) is 6.17 Å². The van der Waals surface area contributed by atoms with Crippen LogP contribution in [0, 0.1) is 0 Å². The van der Waals surface area contributed by atoms with Crippen LogP contribution in [-0.4, -0.2) is 28.9 Å². The van der Waals surface area contributed by atoms with E-state index in [1.807, 2.05) is 43.3 Å². The summed E-state index contributed by atoms with van der Waals surface area (Å²) in [5, 5.41) is 5.22. The van der Waals surface area contributed by atoms with E-state index in [0.29, 0.717) is 33.4 Å². The van der Waals surface area contributed by atoms with Gasteiger partial charge in [0, 0.05) is 21.0 Å². The number of nitrogens with one attached hydrogen (secondary N) is 1. The first-order valence-electron chi connectivity index (χ1n) is 9.47. The Kier molecular flexibility index (Phi) is 6.23. The van der Waals surface area contributed by atoms with E-state index < -0.39 is 6.17 Å². The summed E-state index contributed by atoms with van der Waals surface area (Å²) in [5.74, 6) is 1.15. The van der Waals surface area contributed by atoms with Crippen molar-refractivity contribution in [1.29, 1.82) is 0 Å². The second kappa shape index (κ2) is 8.76. The molecule has 1 aliphatic heterocycles. The molecule has 1 aromatic heterocycles. The molecule has 1 amide bonds. The average Bonchev–Trinajstić information content (AvgIpc) is 2.72. The van der Waals surface area contributed by atoms with Crippen LogP contribution in [0.1, 0.15) is 25.6 Å². The van der Waals surface area contributed by atoms with Gasteiger partial charge in [0.2, 0.25) is 11.1 Å². The van der Waals surface area contributed by atoms with Gasteiger partial charge in [-0.15, -0.1) is 0 Å². The van der Waals surface area contributed by atoms with Crippen LogP contribution < -0.4 is 19.9 Å². The van der Waals surface area contributed by atoms with Gasteiger partial charge in [0.1, 0.15) is 5.75 Å². The standard InChI is InChI=1S/C21H18Br2N4O3S/c1-4-31-21-24-19(29)18-14-9-12(22)5-7-16(14)26(11(2)28)20(27(18)25-21)15-10-13(23)6-8-17(15)30-3/h5-10,20H,4H2,1-3H3/p+1/t20-/m0/s1. The number of rotatable bonds is 4. The first kappa shape index (κ1) is 22.0. The summed E-state index contributed by atoms with van der Waals surface area (Å²) in [4.78, 5) is 30.7. The highest BCUT2D eigenvalue weighted by Gasteiger charge is 2.46. The Bertz CT molecular complexity index is 1250. The summed E-state index contributed by atoms with van der Waals surface area (Å²) in [6.07, 6.45) is -0.702. The Morgan fingerprint density at radius 3 is 2.65 bits per heavy atom. The summed E-state index contributed by atoms with van der Waals surface area (Å²) in [5.41, 5.74) is 2.06. The van der Waals surface area contributed by atoms with Gasteiger partial charge in [-0.2, -0.15) is 0 Å². The Morgan fingerprint density at radius 2 is 1.97 bits per heavy atom. The molecular weight excluding hydrogens is 548 g/mol. The molecule has 2 heterocycles. The third kappa shape index (κ3) is 3.92. The minimum Gasteiger partial charge on any atom is -0.496 e. The van der Waals surface area contributed by atoms with Gasteiger partial charge in [-0.05, 0) is 46.8 Å². The number of fused-ring (bicyclic) bond motifs is 3. The van der Waals surface area contributed by atoms with Crippen LogP contribution in [0.25, 0.3) is 11.3 Å². The smallest absolute Gasteiger partial charge is 0.325 e. The zero-order valence-corrected chi connectivity index (χ0v) is 21.0. The maximum Gasteiger partial charge on any atom is 0.325 e. The summed E-state index contributed by atoms with van der Waals surface area (Å²) >= 11 is 8.42. The summed E-state index contributed by atoms with van der Waals surface area (Å²) in [6.45, 7) is 3.49. The fourth-order valence-electron chi connectivity index (χ4n) is 3.73. The third-order valence-electron chi connectivity index (χ3n) is 4.90. The van der Waals surface area contributed by atoms with Crippen molar-refractivity contribution in [3.05, 3.63) is 61.3 Å². The molecule has 31 heavy (non-hydrogen) atoms. The Morgan fingerprint density at radius 1 is 1.26 bits per heavy atom. The minimum atomic E-state index is -0.702. The Balaban J connectivity index is 2.12. The van der Waals surface area contributed by atoms with Crippen molar-refractivity contribution in [1.82, 2.24) is 10.1 Å². The van der Waals surface area contributed by atoms with Gasteiger partial charge in [0.15, 0.2) is 0 Å². The number of carbonyl (C=O) groups excluding carboxylic acids is 1. The number of thioether (sulfide) groups is 1. The second-order valence-electron chi connectivity index (χ2n) is 6.80. The number of anilines is 1. The van der Waals surface area contributed by atoms with E-state index in [0.717, 1.165) is 14.7 Å². The van der Waals surface area contributed by atoms with Crippen LogP contribution in [0.15, 0.2) is 55.3 Å². The lowest BCUT2D eigenvalue weighted by atomic mass is 10.0. The number of amides is 1. The number of ether oxygens (including phenoxy) is 1. The van der Waals surface area contributed by atoms with E-state index in [9.17, 15) is 9.59 Å². The molecule has 0 bridgehead atoms. The number of nitrogens with zero attached hydrogens (tertiary/aromatic N) is 3. The molecule has 2 aromatic carbocycles. The first-order chi connectivity index (χ1) is 14.8. The first-order valence-corrected chi connectivity index (χ1v) is 12.0. The molecule has 0 spiro atoms. The van der Waals surface area contributed by atoms with Crippen molar-refractivity contribution < 1.29 is 14.2 Å². The summed E-state index contributed by atoms with van der Waals surface area (Å²) in [7, 11) is 1.58. The quantitative estimate of drug-likeness (QED) is 0.376. The molecule has 160 valence electrons. The summed E-state index contributed by atoms with van der Waals surface area (Å²) < 4.78 is 8.86.